The molecule has 188 valence electrons. The van der Waals surface area contributed by atoms with E-state index in [1.165, 1.54) is 0 Å². The molecule has 3 fully saturated rings. The molecule has 2 saturated heterocycles. The second-order valence-corrected chi connectivity index (χ2v) is 11.0. The second-order valence-electron chi connectivity index (χ2n) is 11.0. The first-order valence-electron chi connectivity index (χ1n) is 12.2. The van der Waals surface area contributed by atoms with Gasteiger partial charge in [-0.25, -0.2) is 0 Å². The Kier molecular flexibility index (Phi) is 6.74. The van der Waals surface area contributed by atoms with Crippen LogP contribution >= 0.6 is 0 Å². The van der Waals surface area contributed by atoms with Crippen LogP contribution in [0.5, 0.6) is 0 Å². The van der Waals surface area contributed by atoms with Crippen molar-refractivity contribution in [3.63, 3.8) is 0 Å². The average Bonchev–Trinajstić information content (AvgIpc) is 3.54. The summed E-state index contributed by atoms with van der Waals surface area (Å²) < 4.78 is 5.26. The Morgan fingerprint density at radius 3 is 2.62 bits per heavy atom. The number of nitrogens with zero attached hydrogens (tertiary/aromatic N) is 1. The number of carbonyl (C=O) groups excluding carboxylic acids is 4. The van der Waals surface area contributed by atoms with Gasteiger partial charge in [-0.15, -0.1) is 0 Å². The van der Waals surface area contributed by atoms with Crippen molar-refractivity contribution in [1.82, 2.24) is 15.5 Å². The fourth-order valence-electron chi connectivity index (χ4n) is 6.41. The zero-order valence-electron chi connectivity index (χ0n) is 20.2. The number of hydrogen-bond donors (Lipinski definition) is 4. The van der Waals surface area contributed by atoms with Gasteiger partial charge in [0.1, 0.15) is 12.1 Å². The Bertz CT molecular complexity index is 889. The number of hydrogen-bond acceptors (Lipinski definition) is 6. The molecule has 4 aliphatic rings. The Balaban J connectivity index is 1.56. The zero-order chi connectivity index (χ0) is 24.8. The molecular formula is C24H37N5O5. The molecule has 1 saturated carbocycles. The molecule has 0 aromatic rings. The predicted octanol–water partition coefficient (Wildman–Crippen LogP) is -0.868. The van der Waals surface area contributed by atoms with E-state index in [1.807, 2.05) is 13.8 Å². The first-order valence-corrected chi connectivity index (χ1v) is 12.2. The van der Waals surface area contributed by atoms with Gasteiger partial charge >= 0.3 is 0 Å². The van der Waals surface area contributed by atoms with E-state index in [-0.39, 0.29) is 41.9 Å². The summed E-state index contributed by atoms with van der Waals surface area (Å²) >= 11 is 0. The monoisotopic (exact) mass is 475 g/mol. The Morgan fingerprint density at radius 1 is 1.29 bits per heavy atom. The molecule has 10 nitrogen and oxygen atoms in total. The van der Waals surface area contributed by atoms with E-state index in [1.54, 1.807) is 12.0 Å². The highest BCUT2D eigenvalue weighted by Gasteiger charge is 2.58. The number of rotatable bonds is 9. The number of allylic oxidation sites excluding steroid dienone is 2. The summed E-state index contributed by atoms with van der Waals surface area (Å²) in [7, 11) is 1.56. The molecule has 0 radical (unpaired) electrons. The number of amides is 4. The number of carbonyl (C=O) groups is 4. The second kappa shape index (κ2) is 9.30. The van der Waals surface area contributed by atoms with Crippen LogP contribution in [0.15, 0.2) is 12.2 Å². The van der Waals surface area contributed by atoms with Gasteiger partial charge in [0.25, 0.3) is 0 Å². The zero-order valence-corrected chi connectivity index (χ0v) is 20.2. The molecule has 2 bridgehead atoms. The van der Waals surface area contributed by atoms with Gasteiger partial charge in [0, 0.05) is 31.5 Å². The van der Waals surface area contributed by atoms with Crippen molar-refractivity contribution in [3.05, 3.63) is 12.2 Å². The van der Waals surface area contributed by atoms with Crippen molar-refractivity contribution in [3.8, 4) is 0 Å². The van der Waals surface area contributed by atoms with Crippen molar-refractivity contribution in [2.45, 2.75) is 51.2 Å². The minimum atomic E-state index is -0.981. The number of likely N-dealkylation sites (tertiary alicyclic amines) is 1. The van der Waals surface area contributed by atoms with Crippen molar-refractivity contribution < 1.29 is 23.9 Å². The van der Waals surface area contributed by atoms with E-state index in [2.05, 4.69) is 22.8 Å². The number of fused-ring (bicyclic) bond motifs is 5. The lowest BCUT2D eigenvalue weighted by molar-refractivity contribution is -0.144. The summed E-state index contributed by atoms with van der Waals surface area (Å²) in [6, 6.07) is -2.56. The van der Waals surface area contributed by atoms with Gasteiger partial charge in [0.15, 0.2) is 0 Å². The van der Waals surface area contributed by atoms with E-state index in [9.17, 15) is 19.2 Å². The maximum absolute atomic E-state index is 13.6. The molecule has 4 rings (SSSR count). The number of ether oxygens (including phenoxy) is 1. The van der Waals surface area contributed by atoms with E-state index >= 15 is 0 Å². The van der Waals surface area contributed by atoms with E-state index < -0.39 is 35.4 Å². The predicted molar refractivity (Wildman–Crippen MR) is 124 cm³/mol. The number of primary amides is 1. The molecule has 4 amide bonds. The van der Waals surface area contributed by atoms with Gasteiger partial charge < -0.3 is 31.7 Å². The standard InChI is InChI=1S/C24H37N5O5/c1-24(2,11-34-3)19(25)23(33)29-10-15-12-4-5-13(8-12)17(15)18(29)22(32)28-16(20(26)30)9-14-6-7-27-21(14)31/h4-5,12-19H,6-11,25H2,1-3H3,(H2,26,30)(H,27,31)(H,28,32)/t12-,13+,14+,15-,16+,17+,18+,19-/m1/s1. The molecule has 2 heterocycles. The fourth-order valence-corrected chi connectivity index (χ4v) is 6.41. The molecule has 8 atom stereocenters. The highest BCUT2D eigenvalue weighted by atomic mass is 16.5. The quantitative estimate of drug-likeness (QED) is 0.318. The smallest absolute Gasteiger partial charge is 0.243 e. The van der Waals surface area contributed by atoms with Gasteiger partial charge in [-0.05, 0) is 42.9 Å². The minimum absolute atomic E-state index is 0.0278. The average molecular weight is 476 g/mol. The lowest BCUT2D eigenvalue weighted by Crippen LogP contribution is -2.59. The van der Waals surface area contributed by atoms with Crippen LogP contribution < -0.4 is 22.1 Å². The van der Waals surface area contributed by atoms with Crippen LogP contribution in [0.25, 0.3) is 0 Å². The first kappa shape index (κ1) is 24.7. The summed E-state index contributed by atoms with van der Waals surface area (Å²) in [6.45, 7) is 5.04. The minimum Gasteiger partial charge on any atom is -0.384 e. The largest absolute Gasteiger partial charge is 0.384 e. The summed E-state index contributed by atoms with van der Waals surface area (Å²) in [5.74, 6) is -1.20. The van der Waals surface area contributed by atoms with E-state index in [0.717, 1.165) is 6.42 Å². The van der Waals surface area contributed by atoms with Gasteiger partial charge in [-0.2, -0.15) is 0 Å². The van der Waals surface area contributed by atoms with Crippen LogP contribution in [0.2, 0.25) is 0 Å². The summed E-state index contributed by atoms with van der Waals surface area (Å²) in [5, 5.41) is 5.53. The highest BCUT2D eigenvalue weighted by molar-refractivity contribution is 5.94. The lowest BCUT2D eigenvalue weighted by atomic mass is 9.81. The molecule has 10 heteroatoms. The number of methoxy groups -OCH3 is 1. The highest BCUT2D eigenvalue weighted by Crippen LogP contribution is 2.54. The first-order chi connectivity index (χ1) is 16.0. The van der Waals surface area contributed by atoms with Gasteiger partial charge in [-0.1, -0.05) is 26.0 Å². The summed E-state index contributed by atoms with van der Waals surface area (Å²) in [4.78, 5) is 53.0. The molecule has 2 aliphatic heterocycles. The third-order valence-corrected chi connectivity index (χ3v) is 8.32. The maximum atomic E-state index is 13.6. The number of nitrogens with two attached hydrogens (primary N) is 2. The molecule has 0 unspecified atom stereocenters. The normalized spacial score (nSPS) is 33.5. The summed E-state index contributed by atoms with van der Waals surface area (Å²) in [5.41, 5.74) is 11.4. The van der Waals surface area contributed by atoms with Crippen LogP contribution in [0.3, 0.4) is 0 Å². The van der Waals surface area contributed by atoms with Crippen LogP contribution in [0.4, 0.5) is 0 Å². The van der Waals surface area contributed by atoms with Crippen LogP contribution in [0.1, 0.15) is 33.1 Å². The van der Waals surface area contributed by atoms with Crippen LogP contribution in [-0.4, -0.2) is 73.5 Å². The van der Waals surface area contributed by atoms with Gasteiger partial charge in [0.05, 0.1) is 12.6 Å². The van der Waals surface area contributed by atoms with E-state index in [0.29, 0.717) is 32.0 Å². The molecule has 0 spiro atoms. The Hall–Kier alpha value is -2.46. The van der Waals surface area contributed by atoms with Crippen molar-refractivity contribution >= 4 is 23.6 Å². The Labute approximate surface area is 200 Å². The molecule has 34 heavy (non-hydrogen) atoms. The third-order valence-electron chi connectivity index (χ3n) is 8.32. The molecule has 0 aromatic carbocycles. The van der Waals surface area contributed by atoms with Crippen molar-refractivity contribution in [1.29, 1.82) is 0 Å². The van der Waals surface area contributed by atoms with E-state index in [4.69, 9.17) is 16.2 Å². The molecule has 2 aliphatic carbocycles. The molecular weight excluding hydrogens is 438 g/mol. The SMILES string of the molecule is COCC(C)(C)[C@H](N)C(=O)N1C[C@H]2[C@@H]([C@H]1C(=O)N[C@@H](C[C@@H]1CCNC1=O)C(N)=O)[C@H]1C=C[C@@H]2C1. The molecule has 0 aromatic heterocycles. The van der Waals surface area contributed by atoms with Gasteiger partial charge in [-0.3, -0.25) is 19.2 Å². The summed E-state index contributed by atoms with van der Waals surface area (Å²) in [6.07, 6.45) is 6.05. The number of nitrogens with one attached hydrogen (secondary N) is 2. The third kappa shape index (κ3) is 4.33. The van der Waals surface area contributed by atoms with Crippen LogP contribution in [-0.2, 0) is 23.9 Å². The molecule has 6 N–H and O–H groups in total. The fraction of sp³-hybridized carbons (Fsp3) is 0.750. The Morgan fingerprint density at radius 2 is 2.00 bits per heavy atom. The van der Waals surface area contributed by atoms with Crippen molar-refractivity contribution in [2.24, 2.45) is 46.5 Å². The van der Waals surface area contributed by atoms with Crippen molar-refractivity contribution in [2.75, 3.05) is 26.8 Å². The van der Waals surface area contributed by atoms with Crippen LogP contribution in [0, 0.1) is 35.0 Å². The van der Waals surface area contributed by atoms with Gasteiger partial charge in [0.2, 0.25) is 23.6 Å². The lowest BCUT2D eigenvalue weighted by Gasteiger charge is -2.36. The topological polar surface area (TPSA) is 157 Å². The maximum Gasteiger partial charge on any atom is 0.243 e.